The third-order valence-electron chi connectivity index (χ3n) is 5.98. The molecular formula is C27H34N6O2. The van der Waals surface area contributed by atoms with Crippen molar-refractivity contribution in [2.75, 3.05) is 39.2 Å². The molecule has 2 aromatic carbocycles. The van der Waals surface area contributed by atoms with Crippen molar-refractivity contribution in [2.24, 2.45) is 0 Å². The Bertz CT molecular complexity index is 1290. The Morgan fingerprint density at radius 2 is 1.83 bits per heavy atom. The molecule has 0 spiro atoms. The summed E-state index contributed by atoms with van der Waals surface area (Å²) in [5.74, 6) is 2.20. The lowest BCUT2D eigenvalue weighted by Crippen LogP contribution is -2.17. The summed E-state index contributed by atoms with van der Waals surface area (Å²) >= 11 is 0. The topological polar surface area (TPSA) is 77.3 Å². The van der Waals surface area contributed by atoms with Crippen LogP contribution in [0, 0.1) is 13.8 Å². The fourth-order valence-electron chi connectivity index (χ4n) is 4.26. The van der Waals surface area contributed by atoms with E-state index in [-0.39, 0.29) is 6.10 Å². The molecule has 0 saturated heterocycles. The Labute approximate surface area is 206 Å². The van der Waals surface area contributed by atoms with Crippen molar-refractivity contribution in [3.05, 3.63) is 65.5 Å². The first-order valence-electron chi connectivity index (χ1n) is 12.0. The molecule has 0 aliphatic rings. The number of ether oxygens (including phenoxy) is 2. The lowest BCUT2D eigenvalue weighted by atomic mass is 10.1. The summed E-state index contributed by atoms with van der Waals surface area (Å²) in [5, 5.41) is 18.0. The van der Waals surface area contributed by atoms with Gasteiger partial charge < -0.3 is 19.7 Å². The molecule has 2 aromatic heterocycles. The van der Waals surface area contributed by atoms with Crippen molar-refractivity contribution < 1.29 is 9.47 Å². The van der Waals surface area contributed by atoms with Gasteiger partial charge in [0.25, 0.3) is 0 Å². The molecule has 4 aromatic rings. The molecule has 0 amide bonds. The number of aromatic nitrogens is 4. The Morgan fingerprint density at radius 3 is 2.51 bits per heavy atom. The lowest BCUT2D eigenvalue weighted by Gasteiger charge is -2.22. The SMILES string of the molecule is CCOc1ccc(-n2nc3c(N(C)C)nnc(C)c3c2C)c(OC(CCNC)c2ccccc2)c1. The highest BCUT2D eigenvalue weighted by molar-refractivity contribution is 5.92. The van der Waals surface area contributed by atoms with E-state index in [1.165, 1.54) is 0 Å². The number of fused-ring (bicyclic) bond motifs is 1. The second kappa shape index (κ2) is 10.7. The number of hydrogen-bond donors (Lipinski definition) is 1. The van der Waals surface area contributed by atoms with Gasteiger partial charge in [0.05, 0.1) is 23.4 Å². The van der Waals surface area contributed by atoms with Crippen LogP contribution < -0.4 is 19.7 Å². The van der Waals surface area contributed by atoms with Gasteiger partial charge in [-0.15, -0.1) is 5.10 Å². The van der Waals surface area contributed by atoms with Crippen LogP contribution in [0.2, 0.25) is 0 Å². The molecule has 1 atom stereocenters. The van der Waals surface area contributed by atoms with E-state index in [2.05, 4.69) is 34.6 Å². The van der Waals surface area contributed by atoms with Gasteiger partial charge in [0.1, 0.15) is 28.8 Å². The van der Waals surface area contributed by atoms with Crippen molar-refractivity contribution in [1.29, 1.82) is 0 Å². The zero-order valence-electron chi connectivity index (χ0n) is 21.4. The molecule has 184 valence electrons. The van der Waals surface area contributed by atoms with Crippen LogP contribution in [-0.4, -0.2) is 54.3 Å². The molecule has 0 fully saturated rings. The average molecular weight is 475 g/mol. The van der Waals surface area contributed by atoms with E-state index in [9.17, 15) is 0 Å². The zero-order chi connectivity index (χ0) is 24.9. The van der Waals surface area contributed by atoms with Crippen LogP contribution in [0.15, 0.2) is 48.5 Å². The van der Waals surface area contributed by atoms with Gasteiger partial charge in [-0.05, 0) is 52.1 Å². The first-order chi connectivity index (χ1) is 16.9. The fraction of sp³-hybridized carbons (Fsp3) is 0.370. The van der Waals surface area contributed by atoms with Crippen LogP contribution in [0.25, 0.3) is 16.6 Å². The second-order valence-electron chi connectivity index (χ2n) is 8.70. The maximum atomic E-state index is 6.71. The Kier molecular flexibility index (Phi) is 7.51. The number of nitrogens with zero attached hydrogens (tertiary/aromatic N) is 5. The Hall–Kier alpha value is -3.65. The molecule has 8 heteroatoms. The summed E-state index contributed by atoms with van der Waals surface area (Å²) in [7, 11) is 5.85. The monoisotopic (exact) mass is 474 g/mol. The third-order valence-corrected chi connectivity index (χ3v) is 5.98. The molecule has 0 aliphatic carbocycles. The first-order valence-corrected chi connectivity index (χ1v) is 12.0. The van der Waals surface area contributed by atoms with Gasteiger partial charge in [-0.1, -0.05) is 30.3 Å². The molecule has 2 heterocycles. The van der Waals surface area contributed by atoms with Crippen molar-refractivity contribution in [3.8, 4) is 17.2 Å². The highest BCUT2D eigenvalue weighted by Gasteiger charge is 2.22. The summed E-state index contributed by atoms with van der Waals surface area (Å²) in [6.07, 6.45) is 0.684. The van der Waals surface area contributed by atoms with E-state index in [1.54, 1.807) is 0 Å². The van der Waals surface area contributed by atoms with Crippen LogP contribution in [-0.2, 0) is 0 Å². The van der Waals surface area contributed by atoms with Gasteiger partial charge in [0, 0.05) is 26.6 Å². The molecule has 0 aliphatic heterocycles. The molecular weight excluding hydrogens is 440 g/mol. The number of anilines is 1. The quantitative estimate of drug-likeness (QED) is 0.359. The number of nitrogens with one attached hydrogen (secondary N) is 1. The van der Waals surface area contributed by atoms with Crippen molar-refractivity contribution >= 4 is 16.7 Å². The minimum Gasteiger partial charge on any atom is -0.494 e. The fourth-order valence-corrected chi connectivity index (χ4v) is 4.26. The van der Waals surface area contributed by atoms with E-state index in [1.807, 2.05) is 81.0 Å². The van der Waals surface area contributed by atoms with Crippen LogP contribution in [0.3, 0.4) is 0 Å². The van der Waals surface area contributed by atoms with Gasteiger partial charge in [0.2, 0.25) is 0 Å². The Balaban J connectivity index is 1.86. The van der Waals surface area contributed by atoms with Crippen LogP contribution in [0.4, 0.5) is 5.82 Å². The molecule has 1 N–H and O–H groups in total. The maximum Gasteiger partial charge on any atom is 0.179 e. The van der Waals surface area contributed by atoms with E-state index in [0.29, 0.717) is 12.4 Å². The van der Waals surface area contributed by atoms with Gasteiger partial charge in [-0.25, -0.2) is 4.68 Å². The minimum atomic E-state index is -0.132. The van der Waals surface area contributed by atoms with Gasteiger partial charge >= 0.3 is 0 Å². The van der Waals surface area contributed by atoms with Gasteiger partial charge in [0.15, 0.2) is 5.82 Å². The Morgan fingerprint density at radius 1 is 1.06 bits per heavy atom. The summed E-state index contributed by atoms with van der Waals surface area (Å²) in [6.45, 7) is 7.40. The van der Waals surface area contributed by atoms with E-state index in [0.717, 1.165) is 58.1 Å². The number of benzene rings is 2. The van der Waals surface area contributed by atoms with E-state index >= 15 is 0 Å². The molecule has 8 nitrogen and oxygen atoms in total. The van der Waals surface area contributed by atoms with Crippen LogP contribution >= 0.6 is 0 Å². The number of aryl methyl sites for hydroxylation is 2. The third kappa shape index (κ3) is 5.07. The molecule has 0 bridgehead atoms. The molecule has 0 radical (unpaired) electrons. The highest BCUT2D eigenvalue weighted by Crippen LogP contribution is 2.36. The van der Waals surface area contributed by atoms with E-state index < -0.39 is 0 Å². The number of rotatable bonds is 10. The summed E-state index contributed by atoms with van der Waals surface area (Å²) in [4.78, 5) is 1.93. The van der Waals surface area contributed by atoms with Gasteiger partial charge in [-0.2, -0.15) is 10.2 Å². The average Bonchev–Trinajstić information content (AvgIpc) is 3.20. The second-order valence-corrected chi connectivity index (χ2v) is 8.70. The number of hydrogen-bond acceptors (Lipinski definition) is 7. The normalized spacial score (nSPS) is 12.1. The summed E-state index contributed by atoms with van der Waals surface area (Å²) in [5.41, 5.74) is 4.61. The molecule has 1 unspecified atom stereocenters. The lowest BCUT2D eigenvalue weighted by molar-refractivity contribution is 0.193. The summed E-state index contributed by atoms with van der Waals surface area (Å²) in [6, 6.07) is 16.2. The molecule has 0 saturated carbocycles. The molecule has 4 rings (SSSR count). The zero-order valence-corrected chi connectivity index (χ0v) is 21.4. The maximum absolute atomic E-state index is 6.71. The predicted molar refractivity (Wildman–Crippen MR) is 140 cm³/mol. The minimum absolute atomic E-state index is 0.132. The standard InChI is InChI=1S/C27H34N6O2/c1-7-34-21-13-14-22(24(17-21)35-23(15-16-28-4)20-11-9-8-10-12-20)33-19(3)25-18(2)29-30-27(32(5)6)26(25)31-33/h8-14,17,23,28H,7,15-16H2,1-6H3. The van der Waals surface area contributed by atoms with Crippen LogP contribution in [0.5, 0.6) is 11.5 Å². The van der Waals surface area contributed by atoms with Crippen molar-refractivity contribution in [3.63, 3.8) is 0 Å². The summed E-state index contributed by atoms with van der Waals surface area (Å²) < 4.78 is 14.5. The van der Waals surface area contributed by atoms with Gasteiger partial charge in [-0.3, -0.25) is 0 Å². The largest absolute Gasteiger partial charge is 0.494 e. The first kappa shape index (κ1) is 24.5. The van der Waals surface area contributed by atoms with Crippen molar-refractivity contribution in [1.82, 2.24) is 25.3 Å². The smallest absolute Gasteiger partial charge is 0.179 e. The van der Waals surface area contributed by atoms with Crippen LogP contribution in [0.1, 0.15) is 36.4 Å². The van der Waals surface area contributed by atoms with E-state index in [4.69, 9.17) is 14.6 Å². The van der Waals surface area contributed by atoms with Crippen molar-refractivity contribution in [2.45, 2.75) is 33.3 Å². The highest BCUT2D eigenvalue weighted by atomic mass is 16.5. The predicted octanol–water partition coefficient (Wildman–Crippen LogP) is 4.63. The molecule has 35 heavy (non-hydrogen) atoms.